The lowest BCUT2D eigenvalue weighted by molar-refractivity contribution is -0.264. The van der Waals surface area contributed by atoms with Gasteiger partial charge in [0.05, 0.1) is 61.1 Å². The van der Waals surface area contributed by atoms with Gasteiger partial charge in [0.15, 0.2) is 5.41 Å². The molecule has 23 nitrogen and oxygen atoms in total. The number of ether oxygens (including phenoxy) is 9. The van der Waals surface area contributed by atoms with Crippen LogP contribution in [0, 0.1) is 119 Å². The van der Waals surface area contributed by atoms with Gasteiger partial charge in [-0.1, -0.05) is 101 Å². The van der Waals surface area contributed by atoms with Crippen LogP contribution in [0.15, 0.2) is 48.5 Å². The molecule has 16 fully saturated rings. The van der Waals surface area contributed by atoms with Gasteiger partial charge in [-0.25, -0.2) is 0 Å². The van der Waals surface area contributed by atoms with Gasteiger partial charge in [0.1, 0.15) is 64.1 Å². The average Bonchev–Trinajstić information content (AvgIpc) is 1.28. The molecule has 13 atom stereocenters. The van der Waals surface area contributed by atoms with Gasteiger partial charge in [-0.3, -0.25) is 43.2 Å². The third-order valence-electron chi connectivity index (χ3n) is 36.2. The first kappa shape index (κ1) is 113. The van der Waals surface area contributed by atoms with Gasteiger partial charge in [0.25, 0.3) is 0 Å². The Morgan fingerprint density at radius 2 is 0.891 bits per heavy atom. The molecule has 2 saturated heterocycles. The number of benzene rings is 2. The fraction of sp³-hybridized carbons (Fsp3) is 0.807. The van der Waals surface area contributed by atoms with Crippen LogP contribution in [0.2, 0.25) is 0 Å². The molecule has 0 radical (unpaired) electrons. The summed E-state index contributed by atoms with van der Waals surface area (Å²) < 4.78 is 50.8. The largest absolute Gasteiger partial charge is 0.508 e. The zero-order chi connectivity index (χ0) is 102. The summed E-state index contributed by atoms with van der Waals surface area (Å²) in [5.74, 6) is 4.28. The molecule has 2 aromatic carbocycles. The molecule has 4 N–H and O–H groups in total. The number of nitrogens with zero attached hydrogens (tertiary/aromatic N) is 1. The molecule has 16 aliphatic rings. The van der Waals surface area contributed by atoms with E-state index in [4.69, 9.17) is 52.8 Å². The molecule has 0 spiro atoms. The molecule has 18 rings (SSSR count). The Balaban J connectivity index is 0.000000177. The molecular weight excluding hydrogens is 1740 g/mol. The van der Waals surface area contributed by atoms with Crippen molar-refractivity contribution < 1.29 is 106 Å². The first-order valence-electron chi connectivity index (χ1n) is 52.9. The minimum Gasteiger partial charge on any atom is -0.508 e. The highest BCUT2D eigenvalue weighted by molar-refractivity contribution is 5.85. The van der Waals surface area contributed by atoms with Crippen molar-refractivity contribution in [1.29, 1.82) is 5.26 Å². The Morgan fingerprint density at radius 3 is 1.34 bits per heavy atom. The quantitative estimate of drug-likeness (QED) is 0.0386. The summed E-state index contributed by atoms with van der Waals surface area (Å²) in [6.07, 6.45) is 32.0. The van der Waals surface area contributed by atoms with E-state index in [9.17, 15) is 58.6 Å². The smallest absolute Gasteiger partial charge is 0.327 e. The number of carbonyl (C=O) groups is 9. The van der Waals surface area contributed by atoms with E-state index >= 15 is 0 Å². The fourth-order valence-corrected chi connectivity index (χ4v) is 23.9. The Kier molecular flexibility index (Phi) is 36.3. The number of carbonyl (C=O) groups excluding carboxylic acids is 9. The van der Waals surface area contributed by atoms with Crippen LogP contribution in [0.4, 0.5) is 0 Å². The summed E-state index contributed by atoms with van der Waals surface area (Å²) in [5, 5.41) is 48.7. The summed E-state index contributed by atoms with van der Waals surface area (Å²) in [7, 11) is 0. The maximum absolute atomic E-state index is 12.6. The third kappa shape index (κ3) is 26.2. The zero-order valence-corrected chi connectivity index (χ0v) is 89.4. The highest BCUT2D eigenvalue weighted by Crippen LogP contribution is 2.67. The molecule has 14 aliphatic carbocycles. The standard InChI is InChI=1S/C19H32O2.C16H26O4.C15H19NO4.C15H28O2.C14H20O4.C13H24O2.C12H16O3.C10H14O/c1-6-17(2,3)16(20)21-18(4,5)19-10-13-7-14(11-19)9-15(8-13)12-19;1-4-13(2,3)12(17)20-16-7-11-5-14(18,9-16)8-15(19,6-11)10-16;1-4-14(2,3)12(17)19-10-8-5-9-11(10)20-13(18)15(9,6-8)7-16;1-6-14(2,3)13(16)17-15(4,5)12-10-8-7-9-11-12;1-4-14(2,3)13(16)18-10-7-5-8-9(6-7)12(15)17-11(8)10;1-5-12(3,4)11(14)15-13(6-2)9-7-8-10-13;1-4-12(2,3)11(14)15-10-7-5-9(13)6-8-10;1-3-8(2)9-4-6-10(11)7-5-9/h13-15H,6-12H2,1-5H3;11,18-19H,4-10H2,1-3H3;8-11H,4-6H2,1-3H3;12H,6-11H2,1-5H3;7-11H,4-6H2,1-3H3;5-10H2,1-4H3;5-8,13H,4H2,1-3H3;4-8,11H,3H2,1-2H3. The first-order valence-corrected chi connectivity index (χ1v) is 52.9. The summed E-state index contributed by atoms with van der Waals surface area (Å²) in [4.78, 5) is 109. The van der Waals surface area contributed by atoms with Crippen LogP contribution in [-0.2, 0) is 81.0 Å². The first-order chi connectivity index (χ1) is 63.5. The number of fused-ring (bicyclic) bond motifs is 2. The van der Waals surface area contributed by atoms with Crippen LogP contribution in [-0.4, -0.2) is 132 Å². The van der Waals surface area contributed by atoms with Crippen molar-refractivity contribution in [3.8, 4) is 23.3 Å². The number of esters is 9. The average molecular weight is 1920 g/mol. The number of nitriles is 1. The number of hydrogen-bond acceptors (Lipinski definition) is 23. The van der Waals surface area contributed by atoms with Gasteiger partial charge in [-0.05, 0) is 382 Å². The van der Waals surface area contributed by atoms with Crippen molar-refractivity contribution in [2.45, 2.75) is 476 Å². The topological polar surface area (TPSA) is 341 Å². The second kappa shape index (κ2) is 43.9. The second-order valence-corrected chi connectivity index (χ2v) is 49.9. The maximum Gasteiger partial charge on any atom is 0.327 e. The highest BCUT2D eigenvalue weighted by atomic mass is 16.6. The van der Waals surface area contributed by atoms with E-state index in [-0.39, 0.29) is 134 Å². The second-order valence-electron chi connectivity index (χ2n) is 49.9. The van der Waals surface area contributed by atoms with E-state index in [1.54, 1.807) is 24.3 Å². The molecule has 137 heavy (non-hydrogen) atoms. The van der Waals surface area contributed by atoms with Crippen LogP contribution >= 0.6 is 0 Å². The number of hydrogen-bond donors (Lipinski definition) is 4. The van der Waals surface area contributed by atoms with Crippen LogP contribution in [0.25, 0.3) is 0 Å². The molecule has 2 aliphatic heterocycles. The third-order valence-corrected chi connectivity index (χ3v) is 36.2. The van der Waals surface area contributed by atoms with Crippen molar-refractivity contribution in [2.24, 2.45) is 108 Å². The molecule has 12 bridgehead atoms. The number of aromatic hydroxyl groups is 2. The summed E-state index contributed by atoms with van der Waals surface area (Å²) in [5.41, 5.74) is -5.52. The maximum atomic E-state index is 12.6. The Morgan fingerprint density at radius 1 is 0.460 bits per heavy atom. The van der Waals surface area contributed by atoms with Gasteiger partial charge in [-0.15, -0.1) is 0 Å². The lowest BCUT2D eigenvalue weighted by Crippen LogP contribution is -2.67. The van der Waals surface area contributed by atoms with E-state index < -0.39 is 56.0 Å². The number of aliphatic hydroxyl groups is 2. The van der Waals surface area contributed by atoms with E-state index in [0.29, 0.717) is 67.3 Å². The molecule has 0 amide bonds. The monoisotopic (exact) mass is 1910 g/mol. The highest BCUT2D eigenvalue weighted by Gasteiger charge is 2.73. The van der Waals surface area contributed by atoms with E-state index in [0.717, 1.165) is 120 Å². The minimum absolute atomic E-state index is 0.00857. The van der Waals surface area contributed by atoms with Crippen molar-refractivity contribution in [2.75, 3.05) is 0 Å². The predicted molar refractivity (Wildman–Crippen MR) is 528 cm³/mol. The summed E-state index contributed by atoms with van der Waals surface area (Å²) in [6.45, 7) is 55.8. The van der Waals surface area contributed by atoms with Gasteiger partial charge in [-0.2, -0.15) is 5.26 Å². The van der Waals surface area contributed by atoms with Gasteiger partial charge < -0.3 is 63.1 Å². The Hall–Kier alpha value is -7.32. The lowest BCUT2D eigenvalue weighted by Gasteiger charge is -2.62. The van der Waals surface area contributed by atoms with Crippen LogP contribution in [0.5, 0.6) is 17.2 Å². The Labute approximate surface area is 822 Å². The van der Waals surface area contributed by atoms with Crippen molar-refractivity contribution in [1.82, 2.24) is 0 Å². The molecular formula is C114H179NO22. The zero-order valence-electron chi connectivity index (χ0n) is 89.4. The summed E-state index contributed by atoms with van der Waals surface area (Å²) in [6, 6.07) is 15.7. The van der Waals surface area contributed by atoms with Crippen molar-refractivity contribution in [3.05, 3.63) is 54.1 Å². The van der Waals surface area contributed by atoms with Gasteiger partial charge in [0, 0.05) is 48.3 Å². The number of phenolic OH excluding ortho intramolecular Hbond substituents is 2. The minimum atomic E-state index is -0.974. The lowest BCUT2D eigenvalue weighted by atomic mass is 9.46. The number of phenols is 2. The van der Waals surface area contributed by atoms with Crippen LogP contribution in [0.3, 0.4) is 0 Å². The van der Waals surface area contributed by atoms with Crippen LogP contribution in [0.1, 0.15) is 424 Å². The molecule has 14 saturated carbocycles. The van der Waals surface area contributed by atoms with Crippen molar-refractivity contribution in [3.63, 3.8) is 0 Å². The molecule has 23 heteroatoms. The molecule has 2 heterocycles. The fourth-order valence-electron chi connectivity index (χ4n) is 23.9. The molecule has 0 aromatic heterocycles. The molecule has 13 unspecified atom stereocenters. The van der Waals surface area contributed by atoms with Gasteiger partial charge >= 0.3 is 53.7 Å². The predicted octanol–water partition coefficient (Wildman–Crippen LogP) is 24.5. The normalized spacial score (nSPS) is 31.0. The molecule has 772 valence electrons. The SMILES string of the molecule is CCC(C)(C)C(=O)OC(C)(C)C12CC3CC(CC(C3)C1)C2.CCC(C)(C)C(=O)OC(C)(C)C1CCCCC1.CCC(C)(C)C(=O)OC12CC3CC(O)(CC(O)(C3)C1)C2.CCC(C)(C)C(=O)OC1C2CC3C(=O)OC1C3C2.CCC(C)(C)C(=O)OC1C2CC3C1OC(=O)C3(C#N)C2.CCC(C)(C)C(=O)Oc1ccc(O)cc1.CCC(C)c1ccc(O)cc1.CCC1(OC(=O)C(C)(C)CC)CCCC1. The van der Waals surface area contributed by atoms with Crippen molar-refractivity contribution >= 4 is 53.7 Å². The number of rotatable bonds is 26. The van der Waals surface area contributed by atoms with E-state index in [1.165, 1.54) is 101 Å². The molecule has 2 aromatic rings. The van der Waals surface area contributed by atoms with E-state index in [2.05, 4.69) is 61.5 Å². The van der Waals surface area contributed by atoms with Gasteiger partial charge in [0.2, 0.25) is 0 Å². The summed E-state index contributed by atoms with van der Waals surface area (Å²) >= 11 is 0. The van der Waals surface area contributed by atoms with E-state index in [1.807, 2.05) is 151 Å². The van der Waals surface area contributed by atoms with Crippen LogP contribution < -0.4 is 4.74 Å². The Bertz CT molecular complexity index is 4450.